The minimum absolute atomic E-state index is 0.0218. The molecule has 45 heavy (non-hydrogen) atoms. The number of allylic oxidation sites excluding steroid dienone is 1. The number of nitrogens with zero attached hydrogens (tertiary/aromatic N) is 1. The molecule has 1 aliphatic rings. The molecule has 0 saturated carbocycles. The van der Waals surface area contributed by atoms with Crippen LogP contribution in [0.4, 0.5) is 34.6 Å². The van der Waals surface area contributed by atoms with Crippen LogP contribution in [0.1, 0.15) is 26.5 Å². The van der Waals surface area contributed by atoms with Crippen LogP contribution < -0.4 is 4.90 Å². The summed E-state index contributed by atoms with van der Waals surface area (Å²) < 4.78 is 64.5. The first-order valence-electron chi connectivity index (χ1n) is 13.7. The molecular formula is C36H17F4NO3S. The molecular weight excluding hydrogens is 602 g/mol. The Morgan fingerprint density at radius 1 is 0.600 bits per heavy atom. The normalized spacial score (nSPS) is 12.9. The molecule has 8 rings (SSSR count). The van der Waals surface area contributed by atoms with Gasteiger partial charge in [-0.3, -0.25) is 9.59 Å². The molecule has 4 nitrogen and oxygen atoms in total. The highest BCUT2D eigenvalue weighted by Gasteiger charge is 2.34. The molecule has 5 aromatic carbocycles. The number of anilines is 3. The maximum atomic E-state index is 14.2. The van der Waals surface area contributed by atoms with Crippen molar-refractivity contribution < 1.29 is 31.6 Å². The summed E-state index contributed by atoms with van der Waals surface area (Å²) in [5.41, 5.74) is 1.73. The third-order valence-corrected chi connectivity index (χ3v) is 8.85. The van der Waals surface area contributed by atoms with Crippen LogP contribution in [0.15, 0.2) is 107 Å². The van der Waals surface area contributed by atoms with Crippen molar-refractivity contribution in [3.05, 3.63) is 143 Å². The van der Waals surface area contributed by atoms with E-state index in [4.69, 9.17) is 4.42 Å². The molecule has 218 valence electrons. The van der Waals surface area contributed by atoms with Crippen LogP contribution >= 0.6 is 11.3 Å². The molecule has 2 aromatic heterocycles. The van der Waals surface area contributed by atoms with Crippen LogP contribution in [0, 0.1) is 23.3 Å². The van der Waals surface area contributed by atoms with Gasteiger partial charge in [-0.1, -0.05) is 24.3 Å². The molecule has 0 amide bonds. The fourth-order valence-electron chi connectivity index (χ4n) is 5.83. The van der Waals surface area contributed by atoms with Crippen molar-refractivity contribution in [1.29, 1.82) is 0 Å². The monoisotopic (exact) mass is 619 g/mol. The number of Topliss-reactive ketones (excluding diaryl/α,β-unsaturated/α-hetero) is 2. The molecule has 1 aliphatic carbocycles. The Bertz CT molecular complexity index is 2290. The minimum Gasteiger partial charge on any atom is -0.455 e. The average Bonchev–Trinajstić information content (AvgIpc) is 3.61. The summed E-state index contributed by atoms with van der Waals surface area (Å²) in [7, 11) is 0. The molecule has 0 atom stereocenters. The van der Waals surface area contributed by atoms with E-state index < -0.39 is 23.3 Å². The quantitative estimate of drug-likeness (QED) is 0.112. The van der Waals surface area contributed by atoms with E-state index >= 15 is 0 Å². The highest BCUT2D eigenvalue weighted by atomic mass is 32.1. The van der Waals surface area contributed by atoms with E-state index in [1.807, 2.05) is 24.3 Å². The van der Waals surface area contributed by atoms with Gasteiger partial charge in [0.2, 0.25) is 0 Å². The van der Waals surface area contributed by atoms with Crippen LogP contribution in [0.3, 0.4) is 0 Å². The smallest absolute Gasteiger partial charge is 0.197 e. The topological polar surface area (TPSA) is 50.5 Å². The van der Waals surface area contributed by atoms with Crippen LogP contribution in [0.5, 0.6) is 0 Å². The standard InChI is InChI=1S/C36H17F4NO3S/c37-20-9-21(38)12-25(11-20)41(26-13-22(39)10-23(40)14-26)24-5-6-28-32(15-24)45-33-17-27(44-36(28)33)16-31-34(42)29-7-18-3-1-2-4-19(18)8-30(29)35(31)43/h1-17H. The molecule has 2 heterocycles. The predicted octanol–water partition coefficient (Wildman–Crippen LogP) is 10.3. The minimum atomic E-state index is -0.848. The number of halogens is 4. The molecule has 0 unspecified atom stereocenters. The number of rotatable bonds is 4. The summed E-state index contributed by atoms with van der Waals surface area (Å²) >= 11 is 1.35. The molecule has 7 aromatic rings. The summed E-state index contributed by atoms with van der Waals surface area (Å²) in [4.78, 5) is 27.8. The zero-order valence-corrected chi connectivity index (χ0v) is 23.7. The summed E-state index contributed by atoms with van der Waals surface area (Å²) in [6, 6.07) is 23.5. The number of ketones is 2. The van der Waals surface area contributed by atoms with Gasteiger partial charge in [0.1, 0.15) is 29.0 Å². The molecule has 0 bridgehead atoms. The first-order chi connectivity index (χ1) is 21.7. The van der Waals surface area contributed by atoms with Crippen LogP contribution in [0.25, 0.3) is 37.2 Å². The van der Waals surface area contributed by atoms with Crippen molar-refractivity contribution in [3.63, 3.8) is 0 Å². The Morgan fingerprint density at radius 3 is 1.71 bits per heavy atom. The Hall–Kier alpha value is -5.54. The van der Waals surface area contributed by atoms with E-state index in [0.717, 1.165) is 44.4 Å². The zero-order valence-electron chi connectivity index (χ0n) is 22.9. The van der Waals surface area contributed by atoms with Gasteiger partial charge >= 0.3 is 0 Å². The second-order valence-corrected chi connectivity index (χ2v) is 11.8. The summed E-state index contributed by atoms with van der Waals surface area (Å²) in [6.07, 6.45) is 1.46. The Kier molecular flexibility index (Phi) is 6.01. The number of benzene rings is 5. The highest BCUT2D eigenvalue weighted by molar-refractivity contribution is 7.25. The van der Waals surface area contributed by atoms with Crippen molar-refractivity contribution in [2.75, 3.05) is 4.90 Å². The molecule has 0 spiro atoms. The molecule has 0 N–H and O–H groups in total. The second-order valence-electron chi connectivity index (χ2n) is 10.7. The second kappa shape index (κ2) is 10.0. The Labute approximate surface area is 256 Å². The lowest BCUT2D eigenvalue weighted by molar-refractivity contribution is 0.0990. The number of fused-ring (bicyclic) bond motifs is 5. The van der Waals surface area contributed by atoms with Crippen LogP contribution in [-0.4, -0.2) is 11.6 Å². The van der Waals surface area contributed by atoms with Gasteiger partial charge in [-0.15, -0.1) is 11.3 Å². The van der Waals surface area contributed by atoms with Crippen LogP contribution in [-0.2, 0) is 0 Å². The predicted molar refractivity (Wildman–Crippen MR) is 167 cm³/mol. The Morgan fingerprint density at radius 2 is 1.16 bits per heavy atom. The largest absolute Gasteiger partial charge is 0.455 e. The molecule has 0 fully saturated rings. The SMILES string of the molecule is O=C1C(=Cc2cc3sc4cc(N(c5cc(F)cc(F)c5)c5cc(F)cc(F)c5)ccc4c3o2)C(=O)c2cc3ccccc3cc21. The summed E-state index contributed by atoms with van der Waals surface area (Å²) in [5.74, 6) is -3.78. The first kappa shape index (κ1) is 27.0. The van der Waals surface area contributed by atoms with Crippen LogP contribution in [0.2, 0.25) is 0 Å². The third kappa shape index (κ3) is 4.51. The van der Waals surface area contributed by atoms with Gasteiger partial charge in [0, 0.05) is 45.1 Å². The number of hydrogen-bond acceptors (Lipinski definition) is 5. The number of carbonyl (C=O) groups is 2. The van der Waals surface area contributed by atoms with Gasteiger partial charge in [0.25, 0.3) is 0 Å². The van der Waals surface area contributed by atoms with Crippen molar-refractivity contribution in [1.82, 2.24) is 0 Å². The zero-order chi connectivity index (χ0) is 31.0. The molecule has 0 aliphatic heterocycles. The third-order valence-electron chi connectivity index (χ3n) is 7.77. The van der Waals surface area contributed by atoms with Gasteiger partial charge in [-0.25, -0.2) is 17.6 Å². The number of furan rings is 1. The molecule has 0 saturated heterocycles. The van der Waals surface area contributed by atoms with Gasteiger partial charge in [0.05, 0.1) is 21.6 Å². The lowest BCUT2D eigenvalue weighted by Crippen LogP contribution is -2.11. The van der Waals surface area contributed by atoms with E-state index in [2.05, 4.69) is 0 Å². The first-order valence-corrected chi connectivity index (χ1v) is 14.6. The number of hydrogen-bond donors (Lipinski definition) is 0. The van der Waals surface area contributed by atoms with E-state index in [1.54, 1.807) is 36.4 Å². The van der Waals surface area contributed by atoms with E-state index in [9.17, 15) is 27.2 Å². The lowest BCUT2D eigenvalue weighted by Gasteiger charge is -2.25. The van der Waals surface area contributed by atoms with Gasteiger partial charge in [-0.2, -0.15) is 0 Å². The van der Waals surface area contributed by atoms with Crippen molar-refractivity contribution in [2.45, 2.75) is 0 Å². The fourth-order valence-corrected chi connectivity index (χ4v) is 6.94. The summed E-state index contributed by atoms with van der Waals surface area (Å²) in [5, 5.41) is 2.44. The van der Waals surface area contributed by atoms with Crippen molar-refractivity contribution >= 4 is 77.2 Å². The number of thiophene rings is 1. The van der Waals surface area contributed by atoms with Crippen molar-refractivity contribution in [3.8, 4) is 0 Å². The van der Waals surface area contributed by atoms with Gasteiger partial charge < -0.3 is 9.32 Å². The lowest BCUT2D eigenvalue weighted by atomic mass is 10.0. The number of carbonyl (C=O) groups excluding carboxylic acids is 2. The maximum Gasteiger partial charge on any atom is 0.197 e. The Balaban J connectivity index is 1.19. The van der Waals surface area contributed by atoms with E-state index in [1.165, 1.54) is 22.3 Å². The fraction of sp³-hybridized carbons (Fsp3) is 0. The highest BCUT2D eigenvalue weighted by Crippen LogP contribution is 2.42. The van der Waals surface area contributed by atoms with Crippen molar-refractivity contribution in [2.24, 2.45) is 0 Å². The van der Waals surface area contributed by atoms with E-state index in [-0.39, 0.29) is 28.5 Å². The molecule has 0 radical (unpaired) electrons. The van der Waals surface area contributed by atoms with Gasteiger partial charge in [0.15, 0.2) is 17.1 Å². The van der Waals surface area contributed by atoms with Gasteiger partial charge in [-0.05, 0) is 71.4 Å². The molecule has 9 heteroatoms. The summed E-state index contributed by atoms with van der Waals surface area (Å²) in [6.45, 7) is 0. The average molecular weight is 620 g/mol. The maximum absolute atomic E-state index is 14.2. The van der Waals surface area contributed by atoms with E-state index in [0.29, 0.717) is 45.7 Å².